The van der Waals surface area contributed by atoms with Crippen molar-refractivity contribution >= 4 is 5.69 Å². The molecule has 0 aromatic heterocycles. The van der Waals surface area contributed by atoms with Gasteiger partial charge < -0.3 is 0 Å². The Kier molecular flexibility index (Phi) is 2.91. The Hall–Kier alpha value is -2.16. The van der Waals surface area contributed by atoms with Gasteiger partial charge >= 0.3 is 0 Å². The van der Waals surface area contributed by atoms with Gasteiger partial charge in [-0.3, -0.25) is 10.1 Å². The van der Waals surface area contributed by atoms with Gasteiger partial charge in [-0.05, 0) is 48.2 Å². The molecular weight excluding hydrogens is 214 g/mol. The lowest BCUT2D eigenvalue weighted by Gasteiger charge is -2.09. The van der Waals surface area contributed by atoms with E-state index in [0.717, 1.165) is 11.1 Å². The summed E-state index contributed by atoms with van der Waals surface area (Å²) < 4.78 is 0. The van der Waals surface area contributed by atoms with Crippen molar-refractivity contribution in [2.45, 2.75) is 13.8 Å². The fraction of sp³-hybridized carbons (Fsp3) is 0.143. The molecule has 0 N–H and O–H groups in total. The standard InChI is InChI=1S/C14H13NO2/c1-10-4-3-5-11(2)14(10)12-6-8-13(9-7-12)15(16)17/h3-9H,1-2H3. The van der Waals surface area contributed by atoms with Crippen molar-refractivity contribution < 1.29 is 4.92 Å². The third-order valence-electron chi connectivity index (χ3n) is 2.85. The second kappa shape index (κ2) is 4.37. The lowest BCUT2D eigenvalue weighted by atomic mass is 9.96. The molecule has 0 amide bonds. The Morgan fingerprint density at radius 3 is 1.94 bits per heavy atom. The van der Waals surface area contributed by atoms with Crippen molar-refractivity contribution in [3.63, 3.8) is 0 Å². The van der Waals surface area contributed by atoms with Gasteiger partial charge in [-0.25, -0.2) is 0 Å². The van der Waals surface area contributed by atoms with Crippen LogP contribution in [0.4, 0.5) is 5.69 Å². The molecule has 0 spiro atoms. The number of nitro benzene ring substituents is 1. The number of aryl methyl sites for hydroxylation is 2. The highest BCUT2D eigenvalue weighted by Crippen LogP contribution is 2.28. The minimum Gasteiger partial charge on any atom is -0.258 e. The first-order valence-electron chi connectivity index (χ1n) is 5.40. The molecule has 0 heterocycles. The SMILES string of the molecule is Cc1cccc(C)c1-c1ccc([N+](=O)[O-])cc1. The molecule has 17 heavy (non-hydrogen) atoms. The molecule has 0 radical (unpaired) electrons. The third kappa shape index (κ3) is 2.18. The number of non-ortho nitro benzene ring substituents is 1. The Morgan fingerprint density at radius 2 is 1.47 bits per heavy atom. The lowest BCUT2D eigenvalue weighted by molar-refractivity contribution is -0.384. The molecule has 0 bridgehead atoms. The molecule has 0 atom stereocenters. The Balaban J connectivity index is 2.50. The number of hydrogen-bond acceptors (Lipinski definition) is 2. The zero-order valence-corrected chi connectivity index (χ0v) is 9.81. The summed E-state index contributed by atoms with van der Waals surface area (Å²) in [6.07, 6.45) is 0. The summed E-state index contributed by atoms with van der Waals surface area (Å²) in [5.74, 6) is 0. The molecule has 3 heteroatoms. The minimum atomic E-state index is -0.380. The summed E-state index contributed by atoms with van der Waals surface area (Å²) in [7, 11) is 0. The van der Waals surface area contributed by atoms with Crippen LogP contribution in [0.15, 0.2) is 42.5 Å². The topological polar surface area (TPSA) is 43.1 Å². The van der Waals surface area contributed by atoms with Gasteiger partial charge in [-0.1, -0.05) is 18.2 Å². The van der Waals surface area contributed by atoms with Gasteiger partial charge in [0.2, 0.25) is 0 Å². The van der Waals surface area contributed by atoms with Crippen LogP contribution in [0, 0.1) is 24.0 Å². The minimum absolute atomic E-state index is 0.125. The Morgan fingerprint density at radius 1 is 0.941 bits per heavy atom. The van der Waals surface area contributed by atoms with E-state index in [1.165, 1.54) is 11.1 Å². The van der Waals surface area contributed by atoms with Crippen LogP contribution in [0.5, 0.6) is 0 Å². The molecule has 0 aliphatic carbocycles. The molecule has 86 valence electrons. The summed E-state index contributed by atoms with van der Waals surface area (Å²) in [5, 5.41) is 10.6. The zero-order chi connectivity index (χ0) is 12.4. The maximum atomic E-state index is 10.6. The van der Waals surface area contributed by atoms with Crippen molar-refractivity contribution in [3.05, 3.63) is 63.7 Å². The molecule has 0 fully saturated rings. The van der Waals surface area contributed by atoms with Crippen LogP contribution >= 0.6 is 0 Å². The summed E-state index contributed by atoms with van der Waals surface area (Å²) >= 11 is 0. The average Bonchev–Trinajstić information content (AvgIpc) is 2.29. The monoisotopic (exact) mass is 227 g/mol. The molecule has 0 saturated carbocycles. The maximum Gasteiger partial charge on any atom is 0.269 e. The highest BCUT2D eigenvalue weighted by Gasteiger charge is 2.08. The predicted molar refractivity (Wildman–Crippen MR) is 68.0 cm³/mol. The number of nitro groups is 1. The van der Waals surface area contributed by atoms with E-state index in [4.69, 9.17) is 0 Å². The molecule has 2 aromatic rings. The van der Waals surface area contributed by atoms with Crippen molar-refractivity contribution in [2.75, 3.05) is 0 Å². The van der Waals surface area contributed by atoms with Gasteiger partial charge in [0.15, 0.2) is 0 Å². The van der Waals surface area contributed by atoms with Crippen molar-refractivity contribution in [1.82, 2.24) is 0 Å². The average molecular weight is 227 g/mol. The van der Waals surface area contributed by atoms with Gasteiger partial charge in [0, 0.05) is 12.1 Å². The second-order valence-electron chi connectivity index (χ2n) is 4.07. The molecule has 0 unspecified atom stereocenters. The maximum absolute atomic E-state index is 10.6. The van der Waals surface area contributed by atoms with Crippen molar-refractivity contribution in [3.8, 4) is 11.1 Å². The summed E-state index contributed by atoms with van der Waals surface area (Å²) in [4.78, 5) is 10.2. The second-order valence-corrected chi connectivity index (χ2v) is 4.07. The molecular formula is C14H13NO2. The highest BCUT2D eigenvalue weighted by molar-refractivity contribution is 5.71. The van der Waals surface area contributed by atoms with E-state index >= 15 is 0 Å². The van der Waals surface area contributed by atoms with Crippen LogP contribution in [0.25, 0.3) is 11.1 Å². The van der Waals surface area contributed by atoms with Gasteiger partial charge in [-0.2, -0.15) is 0 Å². The Labute approximate surface area is 99.9 Å². The third-order valence-corrected chi connectivity index (χ3v) is 2.85. The normalized spacial score (nSPS) is 10.2. The number of benzene rings is 2. The van der Waals surface area contributed by atoms with E-state index in [1.54, 1.807) is 24.3 Å². The van der Waals surface area contributed by atoms with Gasteiger partial charge in [-0.15, -0.1) is 0 Å². The summed E-state index contributed by atoms with van der Waals surface area (Å²) in [5.41, 5.74) is 4.66. The van der Waals surface area contributed by atoms with Gasteiger partial charge in [0.05, 0.1) is 4.92 Å². The van der Waals surface area contributed by atoms with Crippen LogP contribution in [0.3, 0.4) is 0 Å². The Bertz CT molecular complexity index is 539. The number of nitrogens with zero attached hydrogens (tertiary/aromatic N) is 1. The van der Waals surface area contributed by atoms with Crippen LogP contribution in [-0.2, 0) is 0 Å². The first-order chi connectivity index (χ1) is 8.09. The van der Waals surface area contributed by atoms with E-state index < -0.39 is 0 Å². The first kappa shape index (κ1) is 11.3. The van der Waals surface area contributed by atoms with Crippen LogP contribution in [-0.4, -0.2) is 4.92 Å². The van der Waals surface area contributed by atoms with E-state index in [-0.39, 0.29) is 10.6 Å². The first-order valence-corrected chi connectivity index (χ1v) is 5.40. The molecule has 0 saturated heterocycles. The van der Waals surface area contributed by atoms with Crippen molar-refractivity contribution in [2.24, 2.45) is 0 Å². The summed E-state index contributed by atoms with van der Waals surface area (Å²) in [6, 6.07) is 12.8. The van der Waals surface area contributed by atoms with Crippen LogP contribution in [0.1, 0.15) is 11.1 Å². The number of hydrogen-bond donors (Lipinski definition) is 0. The van der Waals surface area contributed by atoms with Gasteiger partial charge in [0.25, 0.3) is 5.69 Å². The molecule has 2 rings (SSSR count). The fourth-order valence-corrected chi connectivity index (χ4v) is 2.02. The van der Waals surface area contributed by atoms with Crippen LogP contribution < -0.4 is 0 Å². The smallest absolute Gasteiger partial charge is 0.258 e. The summed E-state index contributed by atoms with van der Waals surface area (Å²) in [6.45, 7) is 4.09. The van der Waals surface area contributed by atoms with Crippen LogP contribution in [0.2, 0.25) is 0 Å². The number of rotatable bonds is 2. The quantitative estimate of drug-likeness (QED) is 0.577. The van der Waals surface area contributed by atoms with E-state index in [9.17, 15) is 10.1 Å². The van der Waals surface area contributed by atoms with Crippen molar-refractivity contribution in [1.29, 1.82) is 0 Å². The predicted octanol–water partition coefficient (Wildman–Crippen LogP) is 3.88. The molecule has 0 aliphatic rings. The molecule has 2 aromatic carbocycles. The molecule has 0 aliphatic heterocycles. The van der Waals surface area contributed by atoms with E-state index in [1.807, 2.05) is 32.0 Å². The molecule has 3 nitrogen and oxygen atoms in total. The highest BCUT2D eigenvalue weighted by atomic mass is 16.6. The van der Waals surface area contributed by atoms with Gasteiger partial charge in [0.1, 0.15) is 0 Å². The largest absolute Gasteiger partial charge is 0.269 e. The fourth-order valence-electron chi connectivity index (χ4n) is 2.02. The lowest BCUT2D eigenvalue weighted by Crippen LogP contribution is -1.90. The van der Waals surface area contributed by atoms with E-state index in [0.29, 0.717) is 0 Å². The zero-order valence-electron chi connectivity index (χ0n) is 9.81. The van der Waals surface area contributed by atoms with E-state index in [2.05, 4.69) is 0 Å².